The molecular weight excluding hydrogens is 230 g/mol. The maximum atomic E-state index is 11.9. The minimum absolute atomic E-state index is 0.106. The number of carbonyl (C=O) groups is 2. The topological polar surface area (TPSA) is 67.3 Å². The molecule has 1 aromatic carbocycles. The highest BCUT2D eigenvalue weighted by molar-refractivity contribution is 6.14. The number of hydrogen-bond acceptors (Lipinski definition) is 4. The molecule has 90 valence electrons. The number of para-hydroxylation sites is 1. The lowest BCUT2D eigenvalue weighted by molar-refractivity contribution is 0.0893. The van der Waals surface area contributed by atoms with Gasteiger partial charge in [0.15, 0.2) is 11.6 Å². The summed E-state index contributed by atoms with van der Waals surface area (Å²) in [6.45, 7) is 0. The molecule has 2 rings (SSSR count). The van der Waals surface area contributed by atoms with Crippen molar-refractivity contribution in [3.8, 4) is 5.75 Å². The fourth-order valence-corrected chi connectivity index (χ4v) is 1.59. The van der Waals surface area contributed by atoms with Crippen LogP contribution in [-0.2, 0) is 0 Å². The summed E-state index contributed by atoms with van der Waals surface area (Å²) in [6, 6.07) is 9.29. The van der Waals surface area contributed by atoms with Crippen molar-refractivity contribution in [2.75, 3.05) is 0 Å². The van der Waals surface area contributed by atoms with Gasteiger partial charge in [0.1, 0.15) is 5.75 Å². The summed E-state index contributed by atoms with van der Waals surface area (Å²) in [5.74, 6) is -0.786. The maximum Gasteiger partial charge on any atom is 0.174 e. The summed E-state index contributed by atoms with van der Waals surface area (Å²) in [5.41, 5.74) is 0.605. The van der Waals surface area contributed by atoms with Crippen LogP contribution in [0.25, 0.3) is 0 Å². The first kappa shape index (κ1) is 12.0. The van der Waals surface area contributed by atoms with Crippen molar-refractivity contribution in [1.29, 1.82) is 0 Å². The van der Waals surface area contributed by atoms with Crippen molar-refractivity contribution in [2.24, 2.45) is 0 Å². The fraction of sp³-hybridized carbons (Fsp3) is 0.0714. The Bertz CT molecular complexity index is 579. The Kier molecular flexibility index (Phi) is 3.48. The average molecular weight is 241 g/mol. The molecule has 0 aliphatic heterocycles. The molecule has 0 atom stereocenters. The quantitative estimate of drug-likeness (QED) is 0.658. The molecule has 4 nitrogen and oxygen atoms in total. The predicted molar refractivity (Wildman–Crippen MR) is 65.6 cm³/mol. The molecule has 0 saturated heterocycles. The van der Waals surface area contributed by atoms with Crippen LogP contribution < -0.4 is 0 Å². The first-order valence-corrected chi connectivity index (χ1v) is 5.43. The third-order valence-electron chi connectivity index (χ3n) is 2.53. The Balaban J connectivity index is 2.14. The fourth-order valence-electron chi connectivity index (χ4n) is 1.59. The van der Waals surface area contributed by atoms with Crippen molar-refractivity contribution in [3.05, 3.63) is 59.9 Å². The van der Waals surface area contributed by atoms with Gasteiger partial charge in [-0.25, -0.2) is 0 Å². The van der Waals surface area contributed by atoms with Gasteiger partial charge >= 0.3 is 0 Å². The Labute approximate surface area is 104 Å². The Morgan fingerprint density at radius 3 is 2.33 bits per heavy atom. The van der Waals surface area contributed by atoms with Crippen LogP contribution in [0.2, 0.25) is 0 Å². The number of ketones is 2. The van der Waals surface area contributed by atoms with Crippen LogP contribution >= 0.6 is 0 Å². The zero-order chi connectivity index (χ0) is 13.0. The van der Waals surface area contributed by atoms with Crippen molar-refractivity contribution in [3.63, 3.8) is 0 Å². The smallest absolute Gasteiger partial charge is 0.174 e. The zero-order valence-corrected chi connectivity index (χ0v) is 9.54. The van der Waals surface area contributed by atoms with E-state index in [1.54, 1.807) is 24.3 Å². The second-order valence-corrected chi connectivity index (χ2v) is 3.78. The van der Waals surface area contributed by atoms with Gasteiger partial charge in [0, 0.05) is 18.0 Å². The van der Waals surface area contributed by atoms with E-state index in [-0.39, 0.29) is 23.5 Å². The molecular formula is C14H11NO3. The number of pyridine rings is 1. The molecule has 4 heteroatoms. The summed E-state index contributed by atoms with van der Waals surface area (Å²) < 4.78 is 0. The van der Waals surface area contributed by atoms with E-state index in [9.17, 15) is 14.7 Å². The third-order valence-corrected chi connectivity index (χ3v) is 2.53. The molecule has 2 aromatic rings. The van der Waals surface area contributed by atoms with E-state index in [2.05, 4.69) is 4.98 Å². The van der Waals surface area contributed by atoms with Crippen LogP contribution in [0.15, 0.2) is 48.8 Å². The Hall–Kier alpha value is -2.49. The van der Waals surface area contributed by atoms with Gasteiger partial charge < -0.3 is 5.11 Å². The van der Waals surface area contributed by atoms with Gasteiger partial charge in [-0.2, -0.15) is 0 Å². The van der Waals surface area contributed by atoms with Crippen molar-refractivity contribution < 1.29 is 14.7 Å². The molecule has 1 aromatic heterocycles. The standard InChI is InChI=1S/C14H11NO3/c16-12-4-2-1-3-11(12)14(18)9-13(17)10-5-7-15-8-6-10/h1-8,16H,9H2. The van der Waals surface area contributed by atoms with Gasteiger partial charge in [-0.3, -0.25) is 14.6 Å². The number of nitrogens with zero attached hydrogens (tertiary/aromatic N) is 1. The van der Waals surface area contributed by atoms with Gasteiger partial charge in [0.05, 0.1) is 12.0 Å². The minimum atomic E-state index is -0.394. The number of benzene rings is 1. The van der Waals surface area contributed by atoms with E-state index in [0.29, 0.717) is 5.56 Å². The molecule has 1 N–H and O–H groups in total. The number of hydrogen-bond donors (Lipinski definition) is 1. The molecule has 0 bridgehead atoms. The van der Waals surface area contributed by atoms with E-state index >= 15 is 0 Å². The molecule has 18 heavy (non-hydrogen) atoms. The Morgan fingerprint density at radius 1 is 1.00 bits per heavy atom. The number of carbonyl (C=O) groups excluding carboxylic acids is 2. The van der Waals surface area contributed by atoms with Crippen LogP contribution in [0, 0.1) is 0 Å². The first-order chi connectivity index (χ1) is 8.68. The van der Waals surface area contributed by atoms with E-state index in [1.807, 2.05) is 0 Å². The number of phenols is 1. The van der Waals surface area contributed by atoms with Crippen LogP contribution in [0.3, 0.4) is 0 Å². The van der Waals surface area contributed by atoms with E-state index in [4.69, 9.17) is 0 Å². The van der Waals surface area contributed by atoms with Crippen LogP contribution in [0.4, 0.5) is 0 Å². The third kappa shape index (κ3) is 2.60. The largest absolute Gasteiger partial charge is 0.507 e. The highest BCUT2D eigenvalue weighted by Gasteiger charge is 2.15. The van der Waals surface area contributed by atoms with Gasteiger partial charge in [0.25, 0.3) is 0 Å². The summed E-state index contributed by atoms with van der Waals surface area (Å²) in [6.07, 6.45) is 2.73. The lowest BCUT2D eigenvalue weighted by Crippen LogP contribution is -2.08. The van der Waals surface area contributed by atoms with Crippen LogP contribution in [-0.4, -0.2) is 21.7 Å². The lowest BCUT2D eigenvalue weighted by atomic mass is 10.0. The SMILES string of the molecule is O=C(CC(=O)c1ccccc1O)c1ccncc1. The van der Waals surface area contributed by atoms with Crippen molar-refractivity contribution in [1.82, 2.24) is 4.98 Å². The van der Waals surface area contributed by atoms with E-state index in [1.165, 1.54) is 24.5 Å². The second kappa shape index (κ2) is 5.23. The molecule has 1 heterocycles. The highest BCUT2D eigenvalue weighted by Crippen LogP contribution is 2.18. The second-order valence-electron chi connectivity index (χ2n) is 3.78. The molecule has 0 fully saturated rings. The summed E-state index contributed by atoms with van der Waals surface area (Å²) in [4.78, 5) is 27.5. The molecule has 0 aliphatic rings. The number of rotatable bonds is 4. The minimum Gasteiger partial charge on any atom is -0.507 e. The monoisotopic (exact) mass is 241 g/mol. The van der Waals surface area contributed by atoms with Gasteiger partial charge in [-0.1, -0.05) is 12.1 Å². The maximum absolute atomic E-state index is 11.9. The molecule has 0 amide bonds. The van der Waals surface area contributed by atoms with Crippen molar-refractivity contribution >= 4 is 11.6 Å². The lowest BCUT2D eigenvalue weighted by Gasteiger charge is -2.03. The summed E-state index contributed by atoms with van der Waals surface area (Å²) in [5, 5.41) is 9.52. The molecule has 0 unspecified atom stereocenters. The zero-order valence-electron chi connectivity index (χ0n) is 9.54. The van der Waals surface area contributed by atoms with Crippen LogP contribution in [0.5, 0.6) is 5.75 Å². The van der Waals surface area contributed by atoms with Gasteiger partial charge in [-0.15, -0.1) is 0 Å². The summed E-state index contributed by atoms with van der Waals surface area (Å²) >= 11 is 0. The highest BCUT2D eigenvalue weighted by atomic mass is 16.3. The molecule has 0 aliphatic carbocycles. The number of aromatic hydroxyl groups is 1. The van der Waals surface area contributed by atoms with Crippen LogP contribution in [0.1, 0.15) is 27.1 Å². The van der Waals surface area contributed by atoms with E-state index < -0.39 is 5.78 Å². The Morgan fingerprint density at radius 2 is 1.67 bits per heavy atom. The molecule has 0 spiro atoms. The number of phenolic OH excluding ortho intramolecular Hbond substituents is 1. The number of aromatic nitrogens is 1. The van der Waals surface area contributed by atoms with E-state index in [0.717, 1.165) is 0 Å². The molecule has 0 saturated carbocycles. The predicted octanol–water partition coefficient (Wildman–Crippen LogP) is 2.24. The first-order valence-electron chi connectivity index (χ1n) is 5.43. The van der Waals surface area contributed by atoms with Crippen molar-refractivity contribution in [2.45, 2.75) is 6.42 Å². The average Bonchev–Trinajstić information content (AvgIpc) is 2.40. The number of Topliss-reactive ketones (excluding diaryl/α,β-unsaturated/α-hetero) is 2. The molecule has 0 radical (unpaired) electrons. The van der Waals surface area contributed by atoms with Gasteiger partial charge in [0.2, 0.25) is 0 Å². The normalized spacial score (nSPS) is 10.0. The summed E-state index contributed by atoms with van der Waals surface area (Å²) in [7, 11) is 0. The van der Waals surface area contributed by atoms with Gasteiger partial charge in [-0.05, 0) is 24.3 Å².